The summed E-state index contributed by atoms with van der Waals surface area (Å²) in [6, 6.07) is 5.64. The van der Waals surface area contributed by atoms with Gasteiger partial charge in [-0.15, -0.1) is 0 Å². The largest absolute Gasteiger partial charge is 0.446 e. The predicted octanol–water partition coefficient (Wildman–Crippen LogP) is 2.68. The third-order valence-electron chi connectivity index (χ3n) is 1.94. The molecule has 0 spiro atoms. The molecule has 0 aromatic heterocycles. The SMILES string of the molecule is NCCC(O)c1ccc(SC(F)(F)F)cc1. The number of nitrogens with two attached hydrogens (primary N) is 1. The number of aliphatic hydroxyl groups is 1. The van der Waals surface area contributed by atoms with Crippen molar-refractivity contribution in [1.29, 1.82) is 0 Å². The Bertz CT molecular complexity index is 326. The summed E-state index contributed by atoms with van der Waals surface area (Å²) in [5.41, 5.74) is 1.57. The minimum absolute atomic E-state index is 0.108. The molecule has 0 bridgehead atoms. The third-order valence-corrected chi connectivity index (χ3v) is 2.68. The second-order valence-electron chi connectivity index (χ2n) is 3.21. The van der Waals surface area contributed by atoms with Crippen molar-refractivity contribution < 1.29 is 18.3 Å². The van der Waals surface area contributed by atoms with Gasteiger partial charge in [-0.1, -0.05) is 12.1 Å². The number of rotatable bonds is 4. The molecular formula is C10H12F3NOS. The number of halogens is 3. The van der Waals surface area contributed by atoms with Gasteiger partial charge in [-0.3, -0.25) is 0 Å². The number of hydrogen-bond donors (Lipinski definition) is 2. The lowest BCUT2D eigenvalue weighted by atomic mass is 10.1. The van der Waals surface area contributed by atoms with Crippen LogP contribution in [0.2, 0.25) is 0 Å². The van der Waals surface area contributed by atoms with E-state index in [2.05, 4.69) is 0 Å². The average Bonchev–Trinajstić information content (AvgIpc) is 2.16. The van der Waals surface area contributed by atoms with Crippen LogP contribution in [0, 0.1) is 0 Å². The Hall–Kier alpha value is -0.720. The van der Waals surface area contributed by atoms with Crippen LogP contribution < -0.4 is 5.73 Å². The molecule has 2 nitrogen and oxygen atoms in total. The van der Waals surface area contributed by atoms with Crippen molar-refractivity contribution in [2.24, 2.45) is 5.73 Å². The molecule has 0 saturated heterocycles. The summed E-state index contributed by atoms with van der Waals surface area (Å²) in [5.74, 6) is 0. The first kappa shape index (κ1) is 13.3. The van der Waals surface area contributed by atoms with E-state index in [0.717, 1.165) is 0 Å². The summed E-state index contributed by atoms with van der Waals surface area (Å²) in [7, 11) is 0. The highest BCUT2D eigenvalue weighted by atomic mass is 32.2. The summed E-state index contributed by atoms with van der Waals surface area (Å²) < 4.78 is 36.1. The molecular weight excluding hydrogens is 239 g/mol. The molecule has 0 saturated carbocycles. The predicted molar refractivity (Wildman–Crippen MR) is 57.0 cm³/mol. The van der Waals surface area contributed by atoms with Crippen LogP contribution in [0.3, 0.4) is 0 Å². The summed E-state index contributed by atoms with van der Waals surface area (Å²) in [5, 5.41) is 9.53. The monoisotopic (exact) mass is 251 g/mol. The van der Waals surface area contributed by atoms with Gasteiger partial charge in [0.1, 0.15) is 0 Å². The smallest absolute Gasteiger partial charge is 0.388 e. The van der Waals surface area contributed by atoms with Gasteiger partial charge in [0.2, 0.25) is 0 Å². The van der Waals surface area contributed by atoms with E-state index in [1.165, 1.54) is 24.3 Å². The molecule has 90 valence electrons. The van der Waals surface area contributed by atoms with Crippen LogP contribution in [0.5, 0.6) is 0 Å². The first-order chi connectivity index (χ1) is 7.42. The van der Waals surface area contributed by atoms with E-state index in [0.29, 0.717) is 18.5 Å². The lowest BCUT2D eigenvalue weighted by Gasteiger charge is -2.10. The summed E-state index contributed by atoms with van der Waals surface area (Å²) in [6.45, 7) is 0.334. The van der Waals surface area contributed by atoms with Crippen LogP contribution in [-0.4, -0.2) is 17.2 Å². The number of thioether (sulfide) groups is 1. The second-order valence-corrected chi connectivity index (χ2v) is 4.35. The molecule has 3 N–H and O–H groups in total. The van der Waals surface area contributed by atoms with Gasteiger partial charge in [0, 0.05) is 4.90 Å². The van der Waals surface area contributed by atoms with Gasteiger partial charge in [0.05, 0.1) is 6.10 Å². The lowest BCUT2D eigenvalue weighted by molar-refractivity contribution is -0.0328. The van der Waals surface area contributed by atoms with E-state index in [9.17, 15) is 18.3 Å². The molecule has 0 aliphatic heterocycles. The van der Waals surface area contributed by atoms with Crippen molar-refractivity contribution >= 4 is 11.8 Å². The fourth-order valence-corrected chi connectivity index (χ4v) is 1.76. The fourth-order valence-electron chi connectivity index (χ4n) is 1.22. The highest BCUT2D eigenvalue weighted by Gasteiger charge is 2.29. The molecule has 0 fully saturated rings. The van der Waals surface area contributed by atoms with Gasteiger partial charge in [0.15, 0.2) is 0 Å². The number of hydrogen-bond acceptors (Lipinski definition) is 3. The molecule has 16 heavy (non-hydrogen) atoms. The van der Waals surface area contributed by atoms with E-state index in [-0.39, 0.29) is 16.7 Å². The van der Waals surface area contributed by atoms with Gasteiger partial charge in [0.25, 0.3) is 0 Å². The van der Waals surface area contributed by atoms with Crippen molar-refractivity contribution in [2.75, 3.05) is 6.54 Å². The van der Waals surface area contributed by atoms with Gasteiger partial charge in [-0.05, 0) is 42.4 Å². The van der Waals surface area contributed by atoms with Gasteiger partial charge in [-0.25, -0.2) is 0 Å². The molecule has 0 radical (unpaired) electrons. The Balaban J connectivity index is 2.68. The summed E-state index contributed by atoms with van der Waals surface area (Å²) in [4.78, 5) is 0.108. The Morgan fingerprint density at radius 3 is 2.25 bits per heavy atom. The average molecular weight is 251 g/mol. The van der Waals surface area contributed by atoms with Crippen LogP contribution in [0.15, 0.2) is 29.2 Å². The molecule has 0 aliphatic rings. The Morgan fingerprint density at radius 2 is 1.81 bits per heavy atom. The lowest BCUT2D eigenvalue weighted by Crippen LogP contribution is -2.06. The summed E-state index contributed by atoms with van der Waals surface area (Å²) in [6.07, 6.45) is -0.318. The standard InChI is InChI=1S/C10H12F3NOS/c11-10(12,13)16-8-3-1-7(2-4-8)9(15)5-6-14/h1-4,9,15H,5-6,14H2. The van der Waals surface area contributed by atoms with Gasteiger partial charge in [-0.2, -0.15) is 13.2 Å². The maximum absolute atomic E-state index is 12.0. The van der Waals surface area contributed by atoms with Crippen LogP contribution in [-0.2, 0) is 0 Å². The van der Waals surface area contributed by atoms with Crippen molar-refractivity contribution in [3.63, 3.8) is 0 Å². The quantitative estimate of drug-likeness (QED) is 0.809. The van der Waals surface area contributed by atoms with Gasteiger partial charge < -0.3 is 10.8 Å². The Labute approximate surface area is 95.6 Å². The molecule has 1 atom stereocenters. The highest BCUT2D eigenvalue weighted by molar-refractivity contribution is 8.00. The van der Waals surface area contributed by atoms with Crippen LogP contribution in [0.4, 0.5) is 13.2 Å². The van der Waals surface area contributed by atoms with Crippen LogP contribution in [0.1, 0.15) is 18.1 Å². The van der Waals surface area contributed by atoms with Crippen LogP contribution in [0.25, 0.3) is 0 Å². The fraction of sp³-hybridized carbons (Fsp3) is 0.400. The number of alkyl halides is 3. The maximum atomic E-state index is 12.0. The molecule has 6 heteroatoms. The topological polar surface area (TPSA) is 46.2 Å². The Morgan fingerprint density at radius 1 is 1.25 bits per heavy atom. The van der Waals surface area contributed by atoms with Gasteiger partial charge >= 0.3 is 5.51 Å². The maximum Gasteiger partial charge on any atom is 0.446 e. The Kier molecular flexibility index (Phi) is 4.64. The van der Waals surface area contributed by atoms with E-state index in [1.54, 1.807) is 0 Å². The highest BCUT2D eigenvalue weighted by Crippen LogP contribution is 2.37. The van der Waals surface area contributed by atoms with E-state index in [1.807, 2.05) is 0 Å². The molecule has 0 heterocycles. The molecule has 1 rings (SSSR count). The zero-order valence-corrected chi connectivity index (χ0v) is 9.18. The third kappa shape index (κ3) is 4.42. The zero-order chi connectivity index (χ0) is 12.2. The molecule has 0 aliphatic carbocycles. The van der Waals surface area contributed by atoms with Crippen molar-refractivity contribution in [3.05, 3.63) is 29.8 Å². The van der Waals surface area contributed by atoms with Crippen molar-refractivity contribution in [1.82, 2.24) is 0 Å². The van der Waals surface area contributed by atoms with Crippen molar-refractivity contribution in [3.8, 4) is 0 Å². The van der Waals surface area contributed by atoms with Crippen LogP contribution >= 0.6 is 11.8 Å². The first-order valence-electron chi connectivity index (χ1n) is 4.66. The van der Waals surface area contributed by atoms with E-state index < -0.39 is 11.6 Å². The molecule has 1 aromatic carbocycles. The van der Waals surface area contributed by atoms with E-state index in [4.69, 9.17) is 5.73 Å². The van der Waals surface area contributed by atoms with E-state index >= 15 is 0 Å². The molecule has 1 aromatic rings. The second kappa shape index (κ2) is 5.56. The first-order valence-corrected chi connectivity index (χ1v) is 5.48. The normalized spacial score (nSPS) is 13.8. The molecule has 1 unspecified atom stereocenters. The minimum atomic E-state index is -4.28. The number of benzene rings is 1. The minimum Gasteiger partial charge on any atom is -0.388 e. The molecule has 0 amide bonds. The number of aliphatic hydroxyl groups excluding tert-OH is 1. The van der Waals surface area contributed by atoms with Crippen molar-refractivity contribution in [2.45, 2.75) is 22.9 Å². The zero-order valence-electron chi connectivity index (χ0n) is 8.37. The summed E-state index contributed by atoms with van der Waals surface area (Å²) >= 11 is -0.172.